The van der Waals surface area contributed by atoms with Gasteiger partial charge in [0, 0.05) is 4.47 Å². The fourth-order valence-corrected chi connectivity index (χ4v) is 1.98. The molecule has 2 unspecified atom stereocenters. The highest BCUT2D eigenvalue weighted by Gasteiger charge is 2.23. The van der Waals surface area contributed by atoms with Crippen LogP contribution in [0.1, 0.15) is 31.7 Å². The Hall–Kier alpha value is -0.910. The van der Waals surface area contributed by atoms with Gasteiger partial charge in [-0.3, -0.25) is 4.79 Å². The minimum absolute atomic E-state index is 0.0191. The first-order valence-electron chi connectivity index (χ1n) is 6.18. The Morgan fingerprint density at radius 2 is 1.89 bits per heavy atom. The standard InChI is InChI=1S/C14H19BrO4/c1-9(2)19-8-12(16)7-13(14(17)18)10-3-5-11(15)6-4-10/h3-6,9,12-13,16H,7-8H2,1-2H3,(H,17,18). The minimum Gasteiger partial charge on any atom is -0.481 e. The molecule has 0 bridgehead atoms. The van der Waals surface area contributed by atoms with E-state index in [9.17, 15) is 15.0 Å². The fourth-order valence-electron chi connectivity index (χ4n) is 1.72. The third kappa shape index (κ3) is 5.72. The average molecular weight is 331 g/mol. The second-order valence-electron chi connectivity index (χ2n) is 4.71. The van der Waals surface area contributed by atoms with E-state index in [1.807, 2.05) is 13.8 Å². The van der Waals surface area contributed by atoms with E-state index in [0.29, 0.717) is 5.56 Å². The molecule has 1 aromatic rings. The quantitative estimate of drug-likeness (QED) is 0.806. The van der Waals surface area contributed by atoms with Gasteiger partial charge < -0.3 is 14.9 Å². The van der Waals surface area contributed by atoms with Crippen molar-refractivity contribution >= 4 is 21.9 Å². The van der Waals surface area contributed by atoms with Gasteiger partial charge in [-0.25, -0.2) is 0 Å². The molecule has 0 amide bonds. The number of aliphatic carboxylic acids is 1. The van der Waals surface area contributed by atoms with Crippen LogP contribution in [0.4, 0.5) is 0 Å². The predicted molar refractivity (Wildman–Crippen MR) is 76.2 cm³/mol. The van der Waals surface area contributed by atoms with Crippen LogP contribution >= 0.6 is 15.9 Å². The lowest BCUT2D eigenvalue weighted by atomic mass is 9.93. The Kier molecular flexibility index (Phi) is 6.48. The maximum absolute atomic E-state index is 11.3. The zero-order chi connectivity index (χ0) is 14.4. The summed E-state index contributed by atoms with van der Waals surface area (Å²) in [6.07, 6.45) is -0.623. The van der Waals surface area contributed by atoms with Crippen LogP contribution in [0.25, 0.3) is 0 Å². The van der Waals surface area contributed by atoms with E-state index in [2.05, 4.69) is 15.9 Å². The van der Waals surface area contributed by atoms with E-state index in [-0.39, 0.29) is 19.1 Å². The van der Waals surface area contributed by atoms with Crippen molar-refractivity contribution in [3.63, 3.8) is 0 Å². The third-order valence-electron chi connectivity index (χ3n) is 2.70. The number of hydrogen-bond donors (Lipinski definition) is 2. The van der Waals surface area contributed by atoms with E-state index >= 15 is 0 Å². The molecule has 0 aliphatic carbocycles. The summed E-state index contributed by atoms with van der Waals surface area (Å²) in [5.41, 5.74) is 0.680. The van der Waals surface area contributed by atoms with Crippen molar-refractivity contribution in [2.45, 2.75) is 38.4 Å². The van der Waals surface area contributed by atoms with Crippen LogP contribution in [-0.2, 0) is 9.53 Å². The molecule has 0 saturated carbocycles. The molecular formula is C14H19BrO4. The fraction of sp³-hybridized carbons (Fsp3) is 0.500. The second-order valence-corrected chi connectivity index (χ2v) is 5.63. The van der Waals surface area contributed by atoms with Crippen molar-refractivity contribution in [2.24, 2.45) is 0 Å². The number of aliphatic hydroxyl groups is 1. The van der Waals surface area contributed by atoms with Gasteiger partial charge in [0.1, 0.15) is 0 Å². The minimum atomic E-state index is -0.939. The topological polar surface area (TPSA) is 66.8 Å². The molecule has 1 aromatic carbocycles. The number of hydrogen-bond acceptors (Lipinski definition) is 3. The van der Waals surface area contributed by atoms with Crippen LogP contribution in [0.3, 0.4) is 0 Å². The van der Waals surface area contributed by atoms with Crippen molar-refractivity contribution < 1.29 is 19.7 Å². The van der Waals surface area contributed by atoms with E-state index < -0.39 is 18.0 Å². The number of carboxylic acid groups (broad SMARTS) is 1. The van der Waals surface area contributed by atoms with Gasteiger partial charge in [-0.15, -0.1) is 0 Å². The van der Waals surface area contributed by atoms with Gasteiger partial charge in [0.05, 0.1) is 24.7 Å². The molecule has 0 aliphatic heterocycles. The largest absolute Gasteiger partial charge is 0.481 e. The number of carbonyl (C=O) groups is 1. The molecule has 0 radical (unpaired) electrons. The molecule has 106 valence electrons. The Bertz CT molecular complexity index is 402. The van der Waals surface area contributed by atoms with Gasteiger partial charge >= 0.3 is 5.97 Å². The highest BCUT2D eigenvalue weighted by Crippen LogP contribution is 2.23. The number of aliphatic hydroxyl groups excluding tert-OH is 1. The molecule has 0 saturated heterocycles. The van der Waals surface area contributed by atoms with Gasteiger partial charge in [-0.05, 0) is 38.0 Å². The summed E-state index contributed by atoms with van der Waals surface area (Å²) in [6.45, 7) is 3.89. The molecular weight excluding hydrogens is 312 g/mol. The maximum atomic E-state index is 11.3. The molecule has 0 aliphatic rings. The summed E-state index contributed by atoms with van der Waals surface area (Å²) < 4.78 is 6.18. The van der Waals surface area contributed by atoms with Crippen LogP contribution in [0, 0.1) is 0 Å². The average Bonchev–Trinajstić information content (AvgIpc) is 2.34. The summed E-state index contributed by atoms with van der Waals surface area (Å²) in [6, 6.07) is 7.09. The van der Waals surface area contributed by atoms with Gasteiger partial charge in [0.2, 0.25) is 0 Å². The Morgan fingerprint density at radius 3 is 2.37 bits per heavy atom. The highest BCUT2D eigenvalue weighted by molar-refractivity contribution is 9.10. The lowest BCUT2D eigenvalue weighted by Gasteiger charge is -2.18. The Labute approximate surface area is 121 Å². The monoisotopic (exact) mass is 330 g/mol. The lowest BCUT2D eigenvalue weighted by Crippen LogP contribution is -2.24. The van der Waals surface area contributed by atoms with Gasteiger partial charge in [-0.1, -0.05) is 28.1 Å². The normalized spacial score (nSPS) is 14.4. The number of ether oxygens (including phenoxy) is 1. The molecule has 19 heavy (non-hydrogen) atoms. The molecule has 2 N–H and O–H groups in total. The van der Waals surface area contributed by atoms with Crippen LogP contribution in [-0.4, -0.2) is 35.0 Å². The van der Waals surface area contributed by atoms with Crippen molar-refractivity contribution in [1.29, 1.82) is 0 Å². The molecule has 5 heteroatoms. The van der Waals surface area contributed by atoms with Crippen LogP contribution in [0.2, 0.25) is 0 Å². The number of carboxylic acids is 1. The molecule has 2 atom stereocenters. The lowest BCUT2D eigenvalue weighted by molar-refractivity contribution is -0.140. The molecule has 0 aromatic heterocycles. The number of rotatable bonds is 7. The first-order chi connectivity index (χ1) is 8.90. The van der Waals surface area contributed by atoms with Crippen LogP contribution in [0.15, 0.2) is 28.7 Å². The summed E-state index contributed by atoms with van der Waals surface area (Å²) in [4.78, 5) is 11.3. The van der Waals surface area contributed by atoms with Gasteiger partial charge in [0.15, 0.2) is 0 Å². The Morgan fingerprint density at radius 1 is 1.32 bits per heavy atom. The first-order valence-corrected chi connectivity index (χ1v) is 6.97. The van der Waals surface area contributed by atoms with Gasteiger partial charge in [-0.2, -0.15) is 0 Å². The van der Waals surface area contributed by atoms with Gasteiger partial charge in [0.25, 0.3) is 0 Å². The molecule has 1 rings (SSSR count). The van der Waals surface area contributed by atoms with E-state index in [1.165, 1.54) is 0 Å². The zero-order valence-electron chi connectivity index (χ0n) is 11.0. The van der Waals surface area contributed by atoms with Crippen LogP contribution in [0.5, 0.6) is 0 Å². The summed E-state index contributed by atoms with van der Waals surface area (Å²) in [5.74, 6) is -1.66. The van der Waals surface area contributed by atoms with Crippen molar-refractivity contribution in [2.75, 3.05) is 6.61 Å². The van der Waals surface area contributed by atoms with E-state index in [0.717, 1.165) is 4.47 Å². The number of halogens is 1. The second kappa shape index (κ2) is 7.62. The zero-order valence-corrected chi connectivity index (χ0v) is 12.6. The smallest absolute Gasteiger partial charge is 0.311 e. The molecule has 0 spiro atoms. The van der Waals surface area contributed by atoms with Crippen molar-refractivity contribution in [3.8, 4) is 0 Å². The Balaban J connectivity index is 2.68. The van der Waals surface area contributed by atoms with Crippen LogP contribution < -0.4 is 0 Å². The molecule has 0 fully saturated rings. The molecule has 4 nitrogen and oxygen atoms in total. The third-order valence-corrected chi connectivity index (χ3v) is 3.23. The van der Waals surface area contributed by atoms with E-state index in [1.54, 1.807) is 24.3 Å². The number of benzene rings is 1. The SMILES string of the molecule is CC(C)OCC(O)CC(C(=O)O)c1ccc(Br)cc1. The van der Waals surface area contributed by atoms with Crippen molar-refractivity contribution in [3.05, 3.63) is 34.3 Å². The highest BCUT2D eigenvalue weighted by atomic mass is 79.9. The summed E-state index contributed by atoms with van der Waals surface area (Å²) in [7, 11) is 0. The summed E-state index contributed by atoms with van der Waals surface area (Å²) in [5, 5.41) is 19.1. The summed E-state index contributed by atoms with van der Waals surface area (Å²) >= 11 is 3.31. The van der Waals surface area contributed by atoms with E-state index in [4.69, 9.17) is 4.74 Å². The predicted octanol–water partition coefficient (Wildman–Crippen LogP) is 2.79. The molecule has 0 heterocycles. The first kappa shape index (κ1) is 16.1. The van der Waals surface area contributed by atoms with Crippen molar-refractivity contribution in [1.82, 2.24) is 0 Å². The maximum Gasteiger partial charge on any atom is 0.311 e.